The molecule has 0 radical (unpaired) electrons. The van der Waals surface area contributed by atoms with Crippen molar-refractivity contribution in [1.29, 1.82) is 0 Å². The number of rotatable bonds is 4. The zero-order chi connectivity index (χ0) is 19.2. The molecule has 1 aromatic carbocycles. The number of carbonyl (C=O) groups is 2. The van der Waals surface area contributed by atoms with Gasteiger partial charge in [-0.1, -0.05) is 18.2 Å². The van der Waals surface area contributed by atoms with E-state index in [-0.39, 0.29) is 17.6 Å². The van der Waals surface area contributed by atoms with Crippen LogP contribution < -0.4 is 15.4 Å². The fourth-order valence-corrected chi connectivity index (χ4v) is 2.88. The summed E-state index contributed by atoms with van der Waals surface area (Å²) in [7, 11) is 3.18. The van der Waals surface area contributed by atoms with E-state index in [0.29, 0.717) is 18.8 Å². The van der Waals surface area contributed by atoms with Crippen LogP contribution >= 0.6 is 0 Å². The van der Waals surface area contributed by atoms with Crippen LogP contribution in [0.3, 0.4) is 0 Å². The summed E-state index contributed by atoms with van der Waals surface area (Å²) < 4.78 is 5.18. The second-order valence-electron chi connectivity index (χ2n) is 6.09. The van der Waals surface area contributed by atoms with E-state index in [0.717, 1.165) is 17.7 Å². The molecular weight excluding hydrogens is 344 g/mol. The fraction of sp³-hybridized carbons (Fsp3) is 0.250. The zero-order valence-corrected chi connectivity index (χ0v) is 15.4. The van der Waals surface area contributed by atoms with Crippen molar-refractivity contribution in [3.05, 3.63) is 59.9 Å². The Labute approximate surface area is 158 Å². The van der Waals surface area contributed by atoms with Gasteiger partial charge in [-0.15, -0.1) is 0 Å². The molecule has 0 saturated heterocycles. The van der Waals surface area contributed by atoms with Gasteiger partial charge in [-0.25, -0.2) is 4.79 Å². The monoisotopic (exact) mass is 366 g/mol. The summed E-state index contributed by atoms with van der Waals surface area (Å²) in [6.07, 6.45) is 4.34. The third kappa shape index (κ3) is 4.44. The van der Waals surface area contributed by atoms with Crippen molar-refractivity contribution in [1.82, 2.24) is 15.2 Å². The minimum Gasteiger partial charge on any atom is -0.497 e. The van der Waals surface area contributed by atoms with Crippen LogP contribution in [-0.4, -0.2) is 49.1 Å². The molecule has 0 fully saturated rings. The van der Waals surface area contributed by atoms with E-state index >= 15 is 0 Å². The normalized spacial score (nSPS) is 13.6. The Balaban J connectivity index is 1.62. The van der Waals surface area contributed by atoms with Crippen LogP contribution in [0.15, 0.2) is 48.7 Å². The number of anilines is 1. The van der Waals surface area contributed by atoms with Crippen molar-refractivity contribution in [3.8, 4) is 5.75 Å². The Morgan fingerprint density at radius 3 is 2.59 bits per heavy atom. The topological polar surface area (TPSA) is 83.6 Å². The highest BCUT2D eigenvalue weighted by molar-refractivity contribution is 5.95. The molecule has 140 valence electrons. The number of ether oxygens (including phenoxy) is 1. The van der Waals surface area contributed by atoms with Gasteiger partial charge in [0.2, 0.25) is 0 Å². The first-order valence-electron chi connectivity index (χ1n) is 8.68. The molecule has 0 atom stereocenters. The lowest BCUT2D eigenvalue weighted by atomic mass is 9.99. The van der Waals surface area contributed by atoms with Crippen molar-refractivity contribution >= 4 is 23.2 Å². The van der Waals surface area contributed by atoms with Gasteiger partial charge in [0.1, 0.15) is 11.4 Å². The van der Waals surface area contributed by atoms with Gasteiger partial charge in [-0.05, 0) is 41.8 Å². The van der Waals surface area contributed by atoms with Gasteiger partial charge in [0.05, 0.1) is 7.11 Å². The Morgan fingerprint density at radius 1 is 1.19 bits per heavy atom. The van der Waals surface area contributed by atoms with E-state index in [2.05, 4.69) is 21.7 Å². The molecule has 0 unspecified atom stereocenters. The van der Waals surface area contributed by atoms with Gasteiger partial charge >= 0.3 is 6.03 Å². The summed E-state index contributed by atoms with van der Waals surface area (Å²) >= 11 is 0. The molecule has 2 aromatic rings. The maximum absolute atomic E-state index is 12.5. The number of aromatic nitrogens is 1. The van der Waals surface area contributed by atoms with Gasteiger partial charge in [-0.2, -0.15) is 0 Å². The highest BCUT2D eigenvalue weighted by Crippen LogP contribution is 2.24. The maximum atomic E-state index is 12.5. The summed E-state index contributed by atoms with van der Waals surface area (Å²) in [5.74, 6) is 0.528. The minimum absolute atomic E-state index is 0.200. The van der Waals surface area contributed by atoms with Gasteiger partial charge in [0.15, 0.2) is 0 Å². The van der Waals surface area contributed by atoms with Gasteiger partial charge < -0.3 is 20.3 Å². The molecule has 0 bridgehead atoms. The second kappa shape index (κ2) is 8.35. The lowest BCUT2D eigenvalue weighted by Gasteiger charge is -2.27. The van der Waals surface area contributed by atoms with E-state index in [1.165, 1.54) is 18.8 Å². The number of benzene rings is 1. The molecule has 3 amide bonds. The van der Waals surface area contributed by atoms with E-state index in [1.54, 1.807) is 24.1 Å². The Hall–Kier alpha value is -3.35. The number of methoxy groups -OCH3 is 1. The average molecular weight is 366 g/mol. The third-order valence-electron chi connectivity index (χ3n) is 4.43. The molecule has 1 aliphatic rings. The zero-order valence-electron chi connectivity index (χ0n) is 15.4. The van der Waals surface area contributed by atoms with E-state index in [9.17, 15) is 9.59 Å². The number of hydrogen-bond donors (Lipinski definition) is 2. The first kappa shape index (κ1) is 18.4. The lowest BCUT2D eigenvalue weighted by molar-refractivity contribution is 0.0958. The maximum Gasteiger partial charge on any atom is 0.322 e. The van der Waals surface area contributed by atoms with Crippen LogP contribution in [0.1, 0.15) is 22.5 Å². The van der Waals surface area contributed by atoms with Crippen molar-refractivity contribution < 1.29 is 14.3 Å². The molecule has 1 aliphatic heterocycles. The largest absolute Gasteiger partial charge is 0.497 e. The quantitative estimate of drug-likeness (QED) is 0.872. The van der Waals surface area contributed by atoms with Crippen molar-refractivity contribution in [2.75, 3.05) is 32.6 Å². The van der Waals surface area contributed by atoms with Crippen molar-refractivity contribution in [3.63, 3.8) is 0 Å². The van der Waals surface area contributed by atoms with E-state index in [1.807, 2.05) is 24.3 Å². The predicted molar refractivity (Wildman–Crippen MR) is 104 cm³/mol. The van der Waals surface area contributed by atoms with Crippen LogP contribution in [0.5, 0.6) is 5.75 Å². The molecular formula is C20H22N4O3. The molecule has 0 saturated carbocycles. The number of amides is 3. The molecule has 1 aromatic heterocycles. The third-order valence-corrected chi connectivity index (χ3v) is 4.43. The van der Waals surface area contributed by atoms with Crippen LogP contribution in [-0.2, 0) is 0 Å². The molecule has 2 N–H and O–H groups in total. The first-order valence-corrected chi connectivity index (χ1v) is 8.68. The summed E-state index contributed by atoms with van der Waals surface area (Å²) in [4.78, 5) is 29.9. The van der Waals surface area contributed by atoms with E-state index < -0.39 is 0 Å². The van der Waals surface area contributed by atoms with Crippen LogP contribution in [0.25, 0.3) is 5.57 Å². The highest BCUT2D eigenvalue weighted by Gasteiger charge is 2.18. The molecule has 27 heavy (non-hydrogen) atoms. The number of pyridine rings is 1. The molecule has 2 heterocycles. The number of hydrogen-bond acceptors (Lipinski definition) is 4. The molecule has 0 spiro atoms. The Bertz CT molecular complexity index is 862. The molecule has 0 aliphatic carbocycles. The van der Waals surface area contributed by atoms with Crippen LogP contribution in [0.2, 0.25) is 0 Å². The summed E-state index contributed by atoms with van der Waals surface area (Å²) in [6.45, 7) is 1.15. The SMILES string of the molecule is CNC(=O)c1cc(NC(=O)N2CC=C(c3ccc(OC)cc3)CC2)ccn1. The summed E-state index contributed by atoms with van der Waals surface area (Å²) in [6, 6.07) is 10.9. The van der Waals surface area contributed by atoms with Gasteiger partial charge in [0.25, 0.3) is 5.91 Å². The van der Waals surface area contributed by atoms with Crippen LogP contribution in [0.4, 0.5) is 10.5 Å². The highest BCUT2D eigenvalue weighted by atomic mass is 16.5. The minimum atomic E-state index is -0.295. The van der Waals surface area contributed by atoms with Gasteiger partial charge in [0, 0.05) is 32.0 Å². The Morgan fingerprint density at radius 2 is 1.96 bits per heavy atom. The van der Waals surface area contributed by atoms with Crippen molar-refractivity contribution in [2.24, 2.45) is 0 Å². The number of nitrogens with zero attached hydrogens (tertiary/aromatic N) is 2. The lowest BCUT2D eigenvalue weighted by Crippen LogP contribution is -2.38. The summed E-state index contributed by atoms with van der Waals surface area (Å²) in [5, 5.41) is 5.33. The van der Waals surface area contributed by atoms with Crippen LogP contribution in [0, 0.1) is 0 Å². The number of urea groups is 1. The standard InChI is InChI=1S/C20H22N4O3/c1-21-19(25)18-13-16(7-10-22-18)23-20(26)24-11-8-15(9-12-24)14-3-5-17(27-2)6-4-14/h3-8,10,13H,9,11-12H2,1-2H3,(H,21,25)(H,22,23,26). The molecule has 7 nitrogen and oxygen atoms in total. The molecule has 7 heteroatoms. The number of nitrogens with one attached hydrogen (secondary N) is 2. The predicted octanol–water partition coefficient (Wildman–Crippen LogP) is 2.77. The van der Waals surface area contributed by atoms with Gasteiger partial charge in [-0.3, -0.25) is 9.78 Å². The molecule has 3 rings (SSSR count). The average Bonchev–Trinajstić information content (AvgIpc) is 2.73. The Kier molecular flexibility index (Phi) is 5.71. The summed E-state index contributed by atoms with van der Waals surface area (Å²) in [5.41, 5.74) is 3.15. The van der Waals surface area contributed by atoms with Crippen molar-refractivity contribution in [2.45, 2.75) is 6.42 Å². The second-order valence-corrected chi connectivity index (χ2v) is 6.09. The fourth-order valence-electron chi connectivity index (χ4n) is 2.88. The van der Waals surface area contributed by atoms with E-state index in [4.69, 9.17) is 4.74 Å². The number of carbonyl (C=O) groups excluding carboxylic acids is 2. The smallest absolute Gasteiger partial charge is 0.322 e. The first-order chi connectivity index (χ1) is 13.1.